The fraction of sp³-hybridized carbons (Fsp3) is 0.500. The van der Waals surface area contributed by atoms with E-state index in [1.165, 1.54) is 7.11 Å². The van der Waals surface area contributed by atoms with Gasteiger partial charge in [-0.05, 0) is 18.1 Å². The molecule has 2 N–H and O–H groups in total. The number of hydrogen-bond donors (Lipinski definition) is 2. The summed E-state index contributed by atoms with van der Waals surface area (Å²) in [5.41, 5.74) is 0.747. The van der Waals surface area contributed by atoms with Crippen molar-refractivity contribution in [3.63, 3.8) is 0 Å². The van der Waals surface area contributed by atoms with E-state index in [0.717, 1.165) is 5.56 Å². The molecular weight excluding hydrogens is 300 g/mol. The highest BCUT2D eigenvalue weighted by Gasteiger charge is 2.19. The fourth-order valence-electron chi connectivity index (χ4n) is 2.03. The Bertz CT molecular complexity index is 547. The lowest BCUT2D eigenvalue weighted by Gasteiger charge is -2.25. The lowest BCUT2D eigenvalue weighted by atomic mass is 9.99. The number of carbonyl (C=O) groups excluding carboxylic acids is 2. The van der Waals surface area contributed by atoms with E-state index in [9.17, 15) is 14.7 Å². The van der Waals surface area contributed by atoms with Crippen molar-refractivity contribution in [2.45, 2.75) is 32.9 Å². The number of ether oxygens (including phenoxy) is 2. The van der Waals surface area contributed by atoms with E-state index in [1.807, 2.05) is 6.92 Å². The molecule has 0 fully saturated rings. The average molecular weight is 323 g/mol. The third kappa shape index (κ3) is 5.36. The number of methoxy groups -OCH3 is 2. The topological polar surface area (TPSA) is 99.7 Å². The first-order chi connectivity index (χ1) is 10.9. The maximum atomic E-state index is 11.9. The average Bonchev–Trinajstić information content (AvgIpc) is 2.56. The van der Waals surface area contributed by atoms with E-state index in [4.69, 9.17) is 9.47 Å². The van der Waals surface area contributed by atoms with Crippen LogP contribution in [0.3, 0.4) is 0 Å². The first-order valence-electron chi connectivity index (χ1n) is 7.39. The Morgan fingerprint density at radius 2 is 1.96 bits per heavy atom. The lowest BCUT2D eigenvalue weighted by molar-refractivity contribution is -0.309. The van der Waals surface area contributed by atoms with Gasteiger partial charge in [0.1, 0.15) is 11.5 Å². The molecule has 0 aliphatic heterocycles. The predicted molar refractivity (Wildman–Crippen MR) is 83.2 cm³/mol. The summed E-state index contributed by atoms with van der Waals surface area (Å²) in [6.07, 6.45) is 0.616. The molecule has 0 aliphatic rings. The Labute approximate surface area is 136 Å². The van der Waals surface area contributed by atoms with Crippen molar-refractivity contribution in [2.24, 2.45) is 5.92 Å². The molecule has 0 heterocycles. The SMILES string of the molecule is CC[C@@H](C)[C@H](NC(=O)NCc1ccc(OC)cc1OC)C(=O)[O-]. The number of carbonyl (C=O) groups is 2. The van der Waals surface area contributed by atoms with Crippen LogP contribution in [0.5, 0.6) is 11.5 Å². The number of carboxylic acid groups (broad SMARTS) is 1. The Hall–Kier alpha value is -2.44. The molecule has 0 saturated heterocycles. The minimum Gasteiger partial charge on any atom is -0.548 e. The van der Waals surface area contributed by atoms with E-state index in [0.29, 0.717) is 17.9 Å². The van der Waals surface area contributed by atoms with Gasteiger partial charge in [0.25, 0.3) is 0 Å². The van der Waals surface area contributed by atoms with Gasteiger partial charge in [0.05, 0.1) is 26.2 Å². The summed E-state index contributed by atoms with van der Waals surface area (Å²) in [4.78, 5) is 23.0. The van der Waals surface area contributed by atoms with Crippen LogP contribution in [0.1, 0.15) is 25.8 Å². The van der Waals surface area contributed by atoms with Gasteiger partial charge in [-0.2, -0.15) is 0 Å². The highest BCUT2D eigenvalue weighted by Crippen LogP contribution is 2.24. The molecule has 0 bridgehead atoms. The second-order valence-corrected chi connectivity index (χ2v) is 5.19. The number of nitrogens with one attached hydrogen (secondary N) is 2. The van der Waals surface area contributed by atoms with Crippen LogP contribution in [0, 0.1) is 5.92 Å². The Morgan fingerprint density at radius 1 is 1.26 bits per heavy atom. The molecule has 128 valence electrons. The van der Waals surface area contributed by atoms with E-state index in [2.05, 4.69) is 10.6 Å². The summed E-state index contributed by atoms with van der Waals surface area (Å²) in [7, 11) is 3.07. The molecule has 23 heavy (non-hydrogen) atoms. The van der Waals surface area contributed by atoms with Crippen LogP contribution in [-0.2, 0) is 11.3 Å². The second kappa shape index (κ2) is 8.87. The van der Waals surface area contributed by atoms with Gasteiger partial charge in [-0.25, -0.2) is 4.79 Å². The third-order valence-electron chi connectivity index (χ3n) is 3.69. The number of aliphatic carboxylic acids is 1. The number of rotatable bonds is 8. The molecule has 7 heteroatoms. The normalized spacial score (nSPS) is 12.9. The molecule has 1 aromatic carbocycles. The lowest BCUT2D eigenvalue weighted by Crippen LogP contribution is -2.53. The first-order valence-corrected chi connectivity index (χ1v) is 7.39. The minimum atomic E-state index is -1.29. The summed E-state index contributed by atoms with van der Waals surface area (Å²) in [6.45, 7) is 3.79. The van der Waals surface area contributed by atoms with Crippen LogP contribution in [0.4, 0.5) is 4.79 Å². The zero-order valence-corrected chi connectivity index (χ0v) is 13.8. The zero-order chi connectivity index (χ0) is 17.4. The maximum Gasteiger partial charge on any atom is 0.315 e. The van der Waals surface area contributed by atoms with Crippen LogP contribution in [0.25, 0.3) is 0 Å². The molecule has 2 atom stereocenters. The first kappa shape index (κ1) is 18.6. The van der Waals surface area contributed by atoms with Gasteiger partial charge >= 0.3 is 6.03 Å². The third-order valence-corrected chi connectivity index (χ3v) is 3.69. The molecule has 0 unspecified atom stereocenters. The molecule has 0 radical (unpaired) electrons. The highest BCUT2D eigenvalue weighted by atomic mass is 16.5. The monoisotopic (exact) mass is 323 g/mol. The van der Waals surface area contributed by atoms with Crippen LogP contribution < -0.4 is 25.2 Å². The van der Waals surface area contributed by atoms with Crippen LogP contribution in [0.2, 0.25) is 0 Å². The molecule has 0 saturated carbocycles. The van der Waals surface area contributed by atoms with Gasteiger partial charge in [-0.15, -0.1) is 0 Å². The van der Waals surface area contributed by atoms with Crippen molar-refractivity contribution in [3.8, 4) is 11.5 Å². The van der Waals surface area contributed by atoms with Gasteiger partial charge in [0, 0.05) is 18.2 Å². The number of amides is 2. The van der Waals surface area contributed by atoms with E-state index in [-0.39, 0.29) is 12.5 Å². The van der Waals surface area contributed by atoms with E-state index >= 15 is 0 Å². The zero-order valence-electron chi connectivity index (χ0n) is 13.8. The number of carboxylic acids is 1. The molecule has 2 amide bonds. The van der Waals surface area contributed by atoms with Crippen LogP contribution in [0.15, 0.2) is 18.2 Å². The Balaban J connectivity index is 2.67. The largest absolute Gasteiger partial charge is 0.548 e. The van der Waals surface area contributed by atoms with Crippen molar-refractivity contribution >= 4 is 12.0 Å². The predicted octanol–water partition coefficient (Wildman–Crippen LogP) is 0.668. The van der Waals surface area contributed by atoms with Crippen molar-refractivity contribution < 1.29 is 24.2 Å². The summed E-state index contributed by atoms with van der Waals surface area (Å²) >= 11 is 0. The summed E-state index contributed by atoms with van der Waals surface area (Å²) in [6, 6.07) is 3.62. The number of benzene rings is 1. The summed E-state index contributed by atoms with van der Waals surface area (Å²) in [5, 5.41) is 16.1. The maximum absolute atomic E-state index is 11.9. The molecular formula is C16H23N2O5-. The van der Waals surface area contributed by atoms with Crippen molar-refractivity contribution in [1.82, 2.24) is 10.6 Å². The van der Waals surface area contributed by atoms with Gasteiger partial charge in [-0.1, -0.05) is 20.3 Å². The van der Waals surface area contributed by atoms with E-state index < -0.39 is 18.0 Å². The number of urea groups is 1. The van der Waals surface area contributed by atoms with Crippen molar-refractivity contribution in [1.29, 1.82) is 0 Å². The summed E-state index contributed by atoms with van der Waals surface area (Å²) < 4.78 is 10.3. The molecule has 1 rings (SSSR count). The number of hydrogen-bond acceptors (Lipinski definition) is 5. The Morgan fingerprint density at radius 3 is 2.48 bits per heavy atom. The molecule has 1 aromatic rings. The van der Waals surface area contributed by atoms with Gasteiger partial charge < -0.3 is 30.0 Å². The fourth-order valence-corrected chi connectivity index (χ4v) is 2.03. The molecule has 0 aliphatic carbocycles. The summed E-state index contributed by atoms with van der Waals surface area (Å²) in [5.74, 6) is -0.301. The minimum absolute atomic E-state index is 0.194. The van der Waals surface area contributed by atoms with Crippen LogP contribution in [-0.4, -0.2) is 32.3 Å². The quantitative estimate of drug-likeness (QED) is 0.732. The van der Waals surface area contributed by atoms with Gasteiger partial charge in [0.2, 0.25) is 0 Å². The molecule has 0 spiro atoms. The Kier molecular flexibility index (Phi) is 7.18. The molecule has 0 aromatic heterocycles. The van der Waals surface area contributed by atoms with Crippen molar-refractivity contribution in [3.05, 3.63) is 23.8 Å². The van der Waals surface area contributed by atoms with E-state index in [1.54, 1.807) is 32.2 Å². The highest BCUT2D eigenvalue weighted by molar-refractivity contribution is 5.81. The standard InChI is InChI=1S/C16H24N2O5/c1-5-10(2)14(15(19)20)18-16(21)17-9-11-6-7-12(22-3)8-13(11)23-4/h6-8,10,14H,5,9H2,1-4H3,(H,19,20)(H2,17,18,21)/p-1/t10-,14+/m1/s1. The van der Waals surface area contributed by atoms with Gasteiger partial charge in [0.15, 0.2) is 0 Å². The second-order valence-electron chi connectivity index (χ2n) is 5.19. The molecule has 7 nitrogen and oxygen atoms in total. The smallest absolute Gasteiger partial charge is 0.315 e. The van der Waals surface area contributed by atoms with Gasteiger partial charge in [-0.3, -0.25) is 0 Å². The van der Waals surface area contributed by atoms with Crippen LogP contribution >= 0.6 is 0 Å². The van der Waals surface area contributed by atoms with Crippen molar-refractivity contribution in [2.75, 3.05) is 14.2 Å².